The molecule has 29 heavy (non-hydrogen) atoms. The molecule has 0 aliphatic carbocycles. The van der Waals surface area contributed by atoms with Gasteiger partial charge in [0.15, 0.2) is 11.5 Å². The van der Waals surface area contributed by atoms with Crippen LogP contribution in [0.25, 0.3) is 27.3 Å². The summed E-state index contributed by atoms with van der Waals surface area (Å²) in [5.41, 5.74) is 1.90. The van der Waals surface area contributed by atoms with E-state index in [-0.39, 0.29) is 13.2 Å². The van der Waals surface area contributed by atoms with Crippen LogP contribution in [0.2, 0.25) is 0 Å². The number of esters is 1. The van der Waals surface area contributed by atoms with Crippen molar-refractivity contribution in [2.45, 2.75) is 33.7 Å². The molecule has 9 heteroatoms. The summed E-state index contributed by atoms with van der Waals surface area (Å²) in [7, 11) is 0. The van der Waals surface area contributed by atoms with Crippen LogP contribution in [-0.4, -0.2) is 36.7 Å². The van der Waals surface area contributed by atoms with Gasteiger partial charge in [-0.25, -0.2) is 9.78 Å². The summed E-state index contributed by atoms with van der Waals surface area (Å²) in [6.45, 7) is 6.11. The first-order valence-electron chi connectivity index (χ1n) is 9.45. The smallest absolute Gasteiger partial charge is 0.352 e. The second-order valence-electron chi connectivity index (χ2n) is 7.13. The normalized spacial score (nSPS) is 11.6. The summed E-state index contributed by atoms with van der Waals surface area (Å²) in [6.07, 6.45) is 4.16. The molecular weight excluding hydrogens is 390 g/mol. The lowest BCUT2D eigenvalue weighted by molar-refractivity contribution is -0.143. The van der Waals surface area contributed by atoms with Gasteiger partial charge < -0.3 is 4.74 Å². The van der Waals surface area contributed by atoms with Gasteiger partial charge in [-0.1, -0.05) is 13.8 Å². The number of nitrogens with zero attached hydrogens (tertiary/aromatic N) is 5. The van der Waals surface area contributed by atoms with Crippen molar-refractivity contribution in [2.24, 2.45) is 5.92 Å². The Balaban J connectivity index is 2.00. The van der Waals surface area contributed by atoms with E-state index in [1.54, 1.807) is 25.4 Å². The quantitative estimate of drug-likeness (QED) is 0.453. The topological polar surface area (TPSA) is 91.4 Å². The van der Waals surface area contributed by atoms with E-state index in [0.717, 1.165) is 22.9 Å². The van der Waals surface area contributed by atoms with Gasteiger partial charge in [-0.3, -0.25) is 14.3 Å². The van der Waals surface area contributed by atoms with Gasteiger partial charge in [0.1, 0.15) is 11.4 Å². The Kier molecular flexibility index (Phi) is 5.14. The van der Waals surface area contributed by atoms with Crippen molar-refractivity contribution in [1.82, 2.24) is 24.1 Å². The average Bonchev–Trinajstić information content (AvgIpc) is 3.30. The van der Waals surface area contributed by atoms with E-state index < -0.39 is 11.7 Å². The number of pyridine rings is 1. The largest absolute Gasteiger partial charge is 0.465 e. The van der Waals surface area contributed by atoms with Crippen molar-refractivity contribution in [3.63, 3.8) is 0 Å². The van der Waals surface area contributed by atoms with Gasteiger partial charge in [-0.2, -0.15) is 4.52 Å². The van der Waals surface area contributed by atoms with E-state index in [4.69, 9.17) is 4.74 Å². The molecule has 0 saturated carbocycles. The third kappa shape index (κ3) is 3.53. The van der Waals surface area contributed by atoms with Gasteiger partial charge in [-0.15, -0.1) is 16.4 Å². The highest BCUT2D eigenvalue weighted by atomic mass is 32.1. The molecule has 8 nitrogen and oxygen atoms in total. The summed E-state index contributed by atoms with van der Waals surface area (Å²) in [5.74, 6) is 0.396. The number of carbonyl (C=O) groups excluding carboxylic acids is 1. The molecule has 0 saturated heterocycles. The maximum absolute atomic E-state index is 13.2. The van der Waals surface area contributed by atoms with E-state index >= 15 is 0 Å². The standard InChI is InChI=1S/C20H21N5O3S/c1-4-28-15(26)10-24-19-16(14(11-29-19)8-12(2)3)18-22-17(23-25(18)20(24)27)13-6-5-7-21-9-13/h5-7,9,11-12H,4,8,10H2,1-3H3. The summed E-state index contributed by atoms with van der Waals surface area (Å²) < 4.78 is 7.77. The van der Waals surface area contributed by atoms with E-state index in [1.807, 2.05) is 11.4 Å². The molecule has 0 atom stereocenters. The zero-order chi connectivity index (χ0) is 20.5. The van der Waals surface area contributed by atoms with Crippen LogP contribution in [0.5, 0.6) is 0 Å². The second kappa shape index (κ2) is 7.75. The van der Waals surface area contributed by atoms with Gasteiger partial charge in [0.05, 0.1) is 12.0 Å². The maximum atomic E-state index is 13.2. The van der Waals surface area contributed by atoms with Crippen LogP contribution in [0, 0.1) is 5.92 Å². The van der Waals surface area contributed by atoms with Crippen molar-refractivity contribution in [2.75, 3.05) is 6.61 Å². The molecule has 0 unspecified atom stereocenters. The SMILES string of the molecule is CCOC(=O)Cn1c(=O)n2nc(-c3cccnc3)nc2c2c(CC(C)C)csc21. The minimum absolute atomic E-state index is 0.164. The number of carbonyl (C=O) groups is 1. The number of thiophene rings is 1. The second-order valence-corrected chi connectivity index (χ2v) is 7.98. The van der Waals surface area contributed by atoms with Crippen LogP contribution in [0.3, 0.4) is 0 Å². The van der Waals surface area contributed by atoms with Gasteiger partial charge in [0.2, 0.25) is 0 Å². The first kappa shape index (κ1) is 19.3. The summed E-state index contributed by atoms with van der Waals surface area (Å²) in [4.78, 5) is 34.8. The lowest BCUT2D eigenvalue weighted by Crippen LogP contribution is -2.30. The van der Waals surface area contributed by atoms with Crippen molar-refractivity contribution >= 4 is 33.2 Å². The summed E-state index contributed by atoms with van der Waals surface area (Å²) in [5, 5.41) is 7.32. The van der Waals surface area contributed by atoms with Gasteiger partial charge in [0.25, 0.3) is 0 Å². The molecule has 0 N–H and O–H groups in total. The highest BCUT2D eigenvalue weighted by Crippen LogP contribution is 2.30. The van der Waals surface area contributed by atoms with Crippen LogP contribution < -0.4 is 5.69 Å². The highest BCUT2D eigenvalue weighted by molar-refractivity contribution is 7.17. The first-order valence-corrected chi connectivity index (χ1v) is 10.3. The minimum Gasteiger partial charge on any atom is -0.465 e. The third-order valence-electron chi connectivity index (χ3n) is 4.48. The fraction of sp³-hybridized carbons (Fsp3) is 0.350. The van der Waals surface area contributed by atoms with Crippen LogP contribution >= 0.6 is 11.3 Å². The zero-order valence-electron chi connectivity index (χ0n) is 16.5. The monoisotopic (exact) mass is 411 g/mol. The Morgan fingerprint density at radius 3 is 2.86 bits per heavy atom. The minimum atomic E-state index is -0.457. The highest BCUT2D eigenvalue weighted by Gasteiger charge is 2.21. The zero-order valence-corrected chi connectivity index (χ0v) is 17.3. The van der Waals surface area contributed by atoms with Crippen LogP contribution in [0.4, 0.5) is 0 Å². The predicted molar refractivity (Wildman–Crippen MR) is 111 cm³/mol. The lowest BCUT2D eigenvalue weighted by Gasteiger charge is -2.09. The Morgan fingerprint density at radius 2 is 2.17 bits per heavy atom. The predicted octanol–water partition coefficient (Wildman–Crippen LogP) is 2.93. The van der Waals surface area contributed by atoms with Crippen LogP contribution in [0.15, 0.2) is 34.7 Å². The molecule has 4 heterocycles. The Hall–Kier alpha value is -3.07. The third-order valence-corrected chi connectivity index (χ3v) is 5.53. The molecule has 0 aliphatic heterocycles. The average molecular weight is 411 g/mol. The number of aromatic nitrogens is 5. The van der Waals surface area contributed by atoms with Crippen molar-refractivity contribution < 1.29 is 9.53 Å². The molecular formula is C20H21N5O3S. The van der Waals surface area contributed by atoms with Crippen molar-refractivity contribution in [1.29, 1.82) is 0 Å². The van der Waals surface area contributed by atoms with Crippen molar-refractivity contribution in [3.05, 3.63) is 46.0 Å². The Labute approximate surface area is 170 Å². The van der Waals surface area contributed by atoms with Gasteiger partial charge in [-0.05, 0) is 42.3 Å². The van der Waals surface area contributed by atoms with E-state index in [1.165, 1.54) is 20.4 Å². The number of ether oxygens (including phenoxy) is 1. The molecule has 4 rings (SSSR count). The molecule has 0 fully saturated rings. The molecule has 4 aromatic heterocycles. The molecule has 150 valence electrons. The van der Waals surface area contributed by atoms with E-state index in [2.05, 4.69) is 28.9 Å². The Morgan fingerprint density at radius 1 is 1.34 bits per heavy atom. The van der Waals surface area contributed by atoms with E-state index in [0.29, 0.717) is 22.2 Å². The lowest BCUT2D eigenvalue weighted by atomic mass is 10.0. The molecule has 0 radical (unpaired) electrons. The Bertz CT molecular complexity index is 1240. The van der Waals surface area contributed by atoms with Gasteiger partial charge >= 0.3 is 11.7 Å². The van der Waals surface area contributed by atoms with E-state index in [9.17, 15) is 9.59 Å². The van der Waals surface area contributed by atoms with Crippen molar-refractivity contribution in [3.8, 4) is 11.4 Å². The fourth-order valence-corrected chi connectivity index (χ4v) is 4.39. The molecule has 0 aliphatic rings. The fourth-order valence-electron chi connectivity index (χ4n) is 3.31. The summed E-state index contributed by atoms with van der Waals surface area (Å²) >= 11 is 1.44. The number of rotatable bonds is 6. The number of hydrogen-bond acceptors (Lipinski definition) is 7. The van der Waals surface area contributed by atoms with Crippen LogP contribution in [-0.2, 0) is 22.5 Å². The molecule has 4 aromatic rings. The summed E-state index contributed by atoms with van der Waals surface area (Å²) in [6, 6.07) is 3.64. The van der Waals surface area contributed by atoms with Gasteiger partial charge in [0, 0.05) is 18.0 Å². The molecule has 0 bridgehead atoms. The number of hydrogen-bond donors (Lipinski definition) is 0. The molecule has 0 amide bonds. The first-order chi connectivity index (χ1) is 14.0. The number of fused-ring (bicyclic) bond motifs is 3. The molecule has 0 aromatic carbocycles. The molecule has 0 spiro atoms. The maximum Gasteiger partial charge on any atom is 0.352 e. The van der Waals surface area contributed by atoms with Crippen LogP contribution in [0.1, 0.15) is 26.3 Å².